The van der Waals surface area contributed by atoms with E-state index in [4.69, 9.17) is 23.2 Å². The Labute approximate surface area is 173 Å². The Bertz CT molecular complexity index is 928. The van der Waals surface area contributed by atoms with Crippen LogP contribution >= 0.6 is 23.2 Å². The van der Waals surface area contributed by atoms with Gasteiger partial charge in [0.1, 0.15) is 0 Å². The van der Waals surface area contributed by atoms with Crippen molar-refractivity contribution >= 4 is 40.8 Å². The molecule has 28 heavy (non-hydrogen) atoms. The number of carbonyl (C=O) groups is 3. The fourth-order valence-electron chi connectivity index (χ4n) is 3.21. The second-order valence-corrected chi connectivity index (χ2v) is 7.58. The molecule has 2 amide bonds. The number of hydrogen-bond donors (Lipinski definition) is 2. The zero-order valence-electron chi connectivity index (χ0n) is 15.2. The summed E-state index contributed by atoms with van der Waals surface area (Å²) in [5, 5.41) is 0.579. The van der Waals surface area contributed by atoms with Crippen molar-refractivity contribution in [3.05, 3.63) is 68.7 Å². The lowest BCUT2D eigenvalue weighted by Gasteiger charge is -2.16. The molecule has 0 atom stereocenters. The highest BCUT2D eigenvalue weighted by molar-refractivity contribution is 6.35. The number of ketones is 1. The number of halogens is 2. The van der Waals surface area contributed by atoms with E-state index in [2.05, 4.69) is 10.9 Å². The number of hydrogen-bond acceptors (Lipinski definition) is 3. The number of aryl methyl sites for hydroxylation is 2. The summed E-state index contributed by atoms with van der Waals surface area (Å²) in [5.41, 5.74) is 7.89. The molecule has 146 valence electrons. The minimum atomic E-state index is -0.582. The largest absolute Gasteiger partial charge is 0.294 e. The maximum Gasteiger partial charge on any atom is 0.271 e. The van der Waals surface area contributed by atoms with Crippen molar-refractivity contribution in [2.75, 3.05) is 0 Å². The van der Waals surface area contributed by atoms with Gasteiger partial charge >= 0.3 is 0 Å². The Kier molecular flexibility index (Phi) is 6.70. The average Bonchev–Trinajstić information content (AvgIpc) is 2.71. The van der Waals surface area contributed by atoms with Crippen LogP contribution in [0.1, 0.15) is 57.5 Å². The van der Waals surface area contributed by atoms with Crippen LogP contribution in [0.2, 0.25) is 10.0 Å². The maximum atomic E-state index is 12.4. The van der Waals surface area contributed by atoms with Gasteiger partial charge in [0.05, 0.1) is 10.6 Å². The first-order chi connectivity index (χ1) is 13.4. The van der Waals surface area contributed by atoms with Crippen LogP contribution in [-0.2, 0) is 17.6 Å². The fourth-order valence-corrected chi connectivity index (χ4v) is 3.58. The second-order valence-electron chi connectivity index (χ2n) is 6.74. The number of carbonyl (C=O) groups excluding carboxylic acids is 3. The summed E-state index contributed by atoms with van der Waals surface area (Å²) < 4.78 is 0. The molecule has 1 aliphatic carbocycles. The van der Waals surface area contributed by atoms with Crippen LogP contribution in [0.5, 0.6) is 0 Å². The summed E-state index contributed by atoms with van der Waals surface area (Å²) in [5.74, 6) is -1.13. The number of benzene rings is 2. The van der Waals surface area contributed by atoms with Gasteiger partial charge < -0.3 is 0 Å². The highest BCUT2D eigenvalue weighted by Crippen LogP contribution is 2.23. The Balaban J connectivity index is 1.49. The first-order valence-corrected chi connectivity index (χ1v) is 9.89. The van der Waals surface area contributed by atoms with E-state index in [1.165, 1.54) is 29.7 Å². The molecule has 0 unspecified atom stereocenters. The summed E-state index contributed by atoms with van der Waals surface area (Å²) in [6.07, 6.45) is 4.42. The third kappa shape index (κ3) is 5.12. The Hall–Kier alpha value is -2.37. The van der Waals surface area contributed by atoms with Crippen molar-refractivity contribution < 1.29 is 14.4 Å². The second kappa shape index (κ2) is 9.22. The molecule has 7 heteroatoms. The van der Waals surface area contributed by atoms with E-state index in [1.54, 1.807) is 6.07 Å². The zero-order valence-corrected chi connectivity index (χ0v) is 16.7. The third-order valence-corrected chi connectivity index (χ3v) is 5.30. The molecular formula is C21H20Cl2N2O3. The van der Waals surface area contributed by atoms with Crippen molar-refractivity contribution in [2.24, 2.45) is 0 Å². The molecule has 0 bridgehead atoms. The van der Waals surface area contributed by atoms with Gasteiger partial charge in [-0.2, -0.15) is 0 Å². The smallest absolute Gasteiger partial charge is 0.271 e. The highest BCUT2D eigenvalue weighted by Gasteiger charge is 2.15. The van der Waals surface area contributed by atoms with E-state index in [9.17, 15) is 14.4 Å². The zero-order chi connectivity index (χ0) is 20.1. The molecule has 2 aromatic carbocycles. The molecule has 3 rings (SSSR count). The molecular weight excluding hydrogens is 399 g/mol. The quantitative estimate of drug-likeness (QED) is 0.561. The van der Waals surface area contributed by atoms with Crippen LogP contribution in [0.4, 0.5) is 0 Å². The summed E-state index contributed by atoms with van der Waals surface area (Å²) in [7, 11) is 0. The van der Waals surface area contributed by atoms with E-state index in [0.29, 0.717) is 10.6 Å². The topological polar surface area (TPSA) is 75.3 Å². The predicted molar refractivity (Wildman–Crippen MR) is 109 cm³/mol. The lowest BCUT2D eigenvalue weighted by molar-refractivity contribution is -0.121. The number of amides is 2. The molecule has 0 saturated heterocycles. The highest BCUT2D eigenvalue weighted by atomic mass is 35.5. The molecule has 2 N–H and O–H groups in total. The van der Waals surface area contributed by atoms with Gasteiger partial charge in [0, 0.05) is 23.4 Å². The number of Topliss-reactive ketones (excluding diaryl/α,β-unsaturated/α-hetero) is 1. The van der Waals surface area contributed by atoms with Crippen molar-refractivity contribution in [3.63, 3.8) is 0 Å². The molecule has 5 nitrogen and oxygen atoms in total. The van der Waals surface area contributed by atoms with Gasteiger partial charge in [0.15, 0.2) is 5.78 Å². The SMILES string of the molecule is O=C(CCC(=O)c1ccc2c(c1)CCCC2)NNC(=O)c1cc(Cl)ccc1Cl. The molecule has 0 radical (unpaired) electrons. The van der Waals surface area contributed by atoms with E-state index in [1.807, 2.05) is 18.2 Å². The molecule has 0 saturated carbocycles. The standard InChI is InChI=1S/C21H20Cl2N2O3/c22-16-7-8-18(23)17(12-16)21(28)25-24-20(27)10-9-19(26)15-6-5-13-3-1-2-4-14(13)11-15/h5-8,11-12H,1-4,9-10H2,(H,24,27)(H,25,28). The van der Waals surface area contributed by atoms with Gasteiger partial charge in [-0.3, -0.25) is 25.2 Å². The Morgan fingerprint density at radius 1 is 0.857 bits per heavy atom. The third-order valence-electron chi connectivity index (χ3n) is 4.74. The number of hydrazine groups is 1. The van der Waals surface area contributed by atoms with Crippen molar-refractivity contribution in [1.29, 1.82) is 0 Å². The normalized spacial score (nSPS) is 12.8. The minimum absolute atomic E-state index is 0.0283. The first kappa shape index (κ1) is 20.4. The molecule has 2 aromatic rings. The molecule has 0 heterocycles. The summed E-state index contributed by atoms with van der Waals surface area (Å²) in [4.78, 5) is 36.4. The van der Waals surface area contributed by atoms with Crippen LogP contribution in [0.15, 0.2) is 36.4 Å². The Morgan fingerprint density at radius 2 is 1.61 bits per heavy atom. The van der Waals surface area contributed by atoms with Gasteiger partial charge in [-0.15, -0.1) is 0 Å². The van der Waals surface area contributed by atoms with Gasteiger partial charge in [-0.1, -0.05) is 35.3 Å². The Morgan fingerprint density at radius 3 is 2.39 bits per heavy atom. The van der Waals surface area contributed by atoms with Crippen LogP contribution in [-0.4, -0.2) is 17.6 Å². The summed E-state index contributed by atoms with van der Waals surface area (Å²) in [6, 6.07) is 10.2. The number of rotatable bonds is 5. The van der Waals surface area contributed by atoms with Crippen molar-refractivity contribution in [1.82, 2.24) is 10.9 Å². The fraction of sp³-hybridized carbons (Fsp3) is 0.286. The average molecular weight is 419 g/mol. The monoisotopic (exact) mass is 418 g/mol. The van der Waals surface area contributed by atoms with E-state index in [0.717, 1.165) is 19.3 Å². The van der Waals surface area contributed by atoms with Crippen LogP contribution in [0, 0.1) is 0 Å². The van der Waals surface area contributed by atoms with Gasteiger partial charge in [-0.05, 0) is 61.1 Å². The lowest BCUT2D eigenvalue weighted by Crippen LogP contribution is -2.41. The summed E-state index contributed by atoms with van der Waals surface area (Å²) >= 11 is 11.8. The van der Waals surface area contributed by atoms with E-state index < -0.39 is 11.8 Å². The molecule has 0 aliphatic heterocycles. The molecule has 1 aliphatic rings. The van der Waals surface area contributed by atoms with Crippen LogP contribution < -0.4 is 10.9 Å². The minimum Gasteiger partial charge on any atom is -0.294 e. The molecule has 0 spiro atoms. The molecule has 0 fully saturated rings. The maximum absolute atomic E-state index is 12.4. The van der Waals surface area contributed by atoms with Gasteiger partial charge in [0.25, 0.3) is 5.91 Å². The van der Waals surface area contributed by atoms with Crippen LogP contribution in [0.25, 0.3) is 0 Å². The van der Waals surface area contributed by atoms with Gasteiger partial charge in [-0.25, -0.2) is 0 Å². The van der Waals surface area contributed by atoms with E-state index >= 15 is 0 Å². The summed E-state index contributed by atoms with van der Waals surface area (Å²) in [6.45, 7) is 0. The van der Waals surface area contributed by atoms with Crippen molar-refractivity contribution in [3.8, 4) is 0 Å². The first-order valence-electron chi connectivity index (χ1n) is 9.13. The van der Waals surface area contributed by atoms with E-state index in [-0.39, 0.29) is 29.2 Å². The van der Waals surface area contributed by atoms with Crippen LogP contribution in [0.3, 0.4) is 0 Å². The lowest BCUT2D eigenvalue weighted by atomic mass is 9.89. The van der Waals surface area contributed by atoms with Crippen molar-refractivity contribution in [2.45, 2.75) is 38.5 Å². The predicted octanol–water partition coefficient (Wildman–Crippen LogP) is 4.30. The number of nitrogens with one attached hydrogen (secondary N) is 2. The number of fused-ring (bicyclic) bond motifs is 1. The van der Waals surface area contributed by atoms with Gasteiger partial charge in [0.2, 0.25) is 5.91 Å². The molecule has 0 aromatic heterocycles.